The number of carbonyl (C=O) groups is 1. The number of carboxylic acids is 1. The molecule has 0 aliphatic carbocycles. The molecule has 0 spiro atoms. The molecule has 2 N–H and O–H groups in total. The number of nitrogens with one attached hydrogen (secondary N) is 1. The number of anilines is 1. The average Bonchev–Trinajstić information content (AvgIpc) is 2.77. The van der Waals surface area contributed by atoms with E-state index in [0.29, 0.717) is 12.1 Å². The van der Waals surface area contributed by atoms with E-state index in [1.165, 1.54) is 11.3 Å². The maximum atomic E-state index is 10.8. The fourth-order valence-electron chi connectivity index (χ4n) is 1.43. The Balaban J connectivity index is 2.09. The van der Waals surface area contributed by atoms with Crippen LogP contribution >= 0.6 is 43.2 Å². The summed E-state index contributed by atoms with van der Waals surface area (Å²) in [6, 6.07) is 7.52. The second-order valence-electron chi connectivity index (χ2n) is 3.56. The third-order valence-electron chi connectivity index (χ3n) is 2.30. The third-order valence-corrected chi connectivity index (χ3v) is 4.56. The lowest BCUT2D eigenvalue weighted by Gasteiger charge is -2.09. The van der Waals surface area contributed by atoms with E-state index in [-0.39, 0.29) is 0 Å². The molecular formula is C12H9Br2NO2S. The van der Waals surface area contributed by atoms with Gasteiger partial charge in [0.25, 0.3) is 0 Å². The van der Waals surface area contributed by atoms with Crippen LogP contribution in [0.25, 0.3) is 0 Å². The first-order chi connectivity index (χ1) is 8.58. The van der Waals surface area contributed by atoms with E-state index in [2.05, 4.69) is 37.2 Å². The zero-order valence-electron chi connectivity index (χ0n) is 9.11. The number of para-hydroxylation sites is 1. The van der Waals surface area contributed by atoms with Crippen LogP contribution in [0.3, 0.4) is 0 Å². The topological polar surface area (TPSA) is 49.3 Å². The summed E-state index contributed by atoms with van der Waals surface area (Å²) in [6.07, 6.45) is 0. The minimum Gasteiger partial charge on any atom is -0.478 e. The van der Waals surface area contributed by atoms with Crippen molar-refractivity contribution in [3.05, 3.63) is 49.0 Å². The van der Waals surface area contributed by atoms with Crippen molar-refractivity contribution in [1.82, 2.24) is 0 Å². The van der Waals surface area contributed by atoms with E-state index < -0.39 is 5.97 Å². The smallest absolute Gasteiger partial charge is 0.336 e. The van der Waals surface area contributed by atoms with Crippen molar-refractivity contribution in [2.24, 2.45) is 0 Å². The first-order valence-corrected chi connectivity index (χ1v) is 7.53. The van der Waals surface area contributed by atoms with Crippen LogP contribution in [0, 0.1) is 0 Å². The highest BCUT2D eigenvalue weighted by Gasteiger charge is 2.08. The maximum Gasteiger partial charge on any atom is 0.336 e. The predicted molar refractivity (Wildman–Crippen MR) is 80.4 cm³/mol. The molecule has 1 aromatic heterocycles. The Morgan fingerprint density at radius 3 is 2.56 bits per heavy atom. The van der Waals surface area contributed by atoms with Gasteiger partial charge in [0.2, 0.25) is 0 Å². The molecule has 0 atom stereocenters. The molecule has 0 aliphatic heterocycles. The van der Waals surface area contributed by atoms with Crippen molar-refractivity contribution in [3.8, 4) is 0 Å². The van der Waals surface area contributed by atoms with Crippen molar-refractivity contribution in [2.75, 3.05) is 5.32 Å². The first kappa shape index (κ1) is 13.6. The molecule has 2 rings (SSSR count). The van der Waals surface area contributed by atoms with Gasteiger partial charge in [-0.25, -0.2) is 4.79 Å². The summed E-state index contributed by atoms with van der Waals surface area (Å²) in [5, 5.41) is 13.8. The summed E-state index contributed by atoms with van der Waals surface area (Å²) in [5.41, 5.74) is 1.30. The van der Waals surface area contributed by atoms with Crippen LogP contribution in [-0.2, 0) is 6.54 Å². The summed E-state index contributed by atoms with van der Waals surface area (Å²) >= 11 is 8.37. The molecule has 0 fully saturated rings. The van der Waals surface area contributed by atoms with Crippen molar-refractivity contribution in [1.29, 1.82) is 0 Å². The van der Waals surface area contributed by atoms with Gasteiger partial charge in [-0.3, -0.25) is 0 Å². The number of carboxylic acid groups (broad SMARTS) is 1. The third kappa shape index (κ3) is 3.13. The van der Waals surface area contributed by atoms with Crippen molar-refractivity contribution in [3.63, 3.8) is 0 Å². The van der Waals surface area contributed by atoms with Crippen LogP contribution < -0.4 is 5.32 Å². The Morgan fingerprint density at radius 1 is 1.33 bits per heavy atom. The molecule has 1 heterocycles. The molecule has 0 saturated heterocycles. The molecule has 3 nitrogen and oxygen atoms in total. The fourth-order valence-corrected chi connectivity index (χ4v) is 3.50. The number of hydrogen-bond acceptors (Lipinski definition) is 3. The second kappa shape index (κ2) is 5.86. The number of hydrogen-bond donors (Lipinski definition) is 2. The summed E-state index contributed by atoms with van der Waals surface area (Å²) in [5.74, 6) is -0.889. The Bertz CT molecular complexity index is 563. The van der Waals surface area contributed by atoms with Gasteiger partial charge in [0, 0.05) is 25.7 Å². The number of rotatable bonds is 4. The van der Waals surface area contributed by atoms with Crippen molar-refractivity contribution >= 4 is 54.9 Å². The molecule has 1 aromatic carbocycles. The first-order valence-electron chi connectivity index (χ1n) is 5.06. The highest BCUT2D eigenvalue weighted by molar-refractivity contribution is 9.11. The van der Waals surface area contributed by atoms with Crippen LogP contribution in [0.1, 0.15) is 15.2 Å². The fraction of sp³-hybridized carbons (Fsp3) is 0.0833. The van der Waals surface area contributed by atoms with Gasteiger partial charge in [0.15, 0.2) is 0 Å². The minimum atomic E-state index is -0.889. The molecule has 0 radical (unpaired) electrons. The Labute approximate surface area is 125 Å². The quantitative estimate of drug-likeness (QED) is 0.802. The summed E-state index contributed by atoms with van der Waals surface area (Å²) in [4.78, 5) is 11.7. The Hall–Kier alpha value is -0.850. The summed E-state index contributed by atoms with van der Waals surface area (Å²) in [6.45, 7) is 0.596. The molecule has 0 unspecified atom stereocenters. The van der Waals surface area contributed by atoms with E-state index in [9.17, 15) is 4.79 Å². The van der Waals surface area contributed by atoms with Crippen LogP contribution in [-0.4, -0.2) is 11.1 Å². The highest BCUT2D eigenvalue weighted by atomic mass is 79.9. The second-order valence-corrected chi connectivity index (χ2v) is 6.26. The lowest BCUT2D eigenvalue weighted by atomic mass is 10.3. The van der Waals surface area contributed by atoms with Gasteiger partial charge in [-0.05, 0) is 50.1 Å². The van der Waals surface area contributed by atoms with Crippen LogP contribution in [0.15, 0.2) is 38.6 Å². The Kier molecular flexibility index (Phi) is 4.42. The van der Waals surface area contributed by atoms with E-state index in [1.807, 2.05) is 18.2 Å². The molecule has 0 aliphatic rings. The number of thiophene rings is 1. The number of aromatic carboxylic acids is 1. The minimum absolute atomic E-state index is 0.336. The molecular weight excluding hydrogens is 382 g/mol. The summed E-state index contributed by atoms with van der Waals surface area (Å²) < 4.78 is 1.93. The molecule has 18 heavy (non-hydrogen) atoms. The Morgan fingerprint density at radius 2 is 2.00 bits per heavy atom. The van der Waals surface area contributed by atoms with E-state index >= 15 is 0 Å². The van der Waals surface area contributed by atoms with Gasteiger partial charge >= 0.3 is 5.97 Å². The zero-order valence-corrected chi connectivity index (χ0v) is 13.1. The monoisotopic (exact) mass is 389 g/mol. The van der Waals surface area contributed by atoms with Gasteiger partial charge in [-0.2, -0.15) is 0 Å². The molecule has 0 saturated carbocycles. The SMILES string of the molecule is O=C(O)c1csc(CNc2c(Br)cccc2Br)c1. The van der Waals surface area contributed by atoms with Gasteiger partial charge in [0.1, 0.15) is 0 Å². The lowest BCUT2D eigenvalue weighted by molar-refractivity contribution is 0.0697. The van der Waals surface area contributed by atoms with Gasteiger partial charge in [-0.15, -0.1) is 11.3 Å². The highest BCUT2D eigenvalue weighted by Crippen LogP contribution is 2.31. The van der Waals surface area contributed by atoms with Crippen LogP contribution in [0.4, 0.5) is 5.69 Å². The lowest BCUT2D eigenvalue weighted by Crippen LogP contribution is -1.99. The van der Waals surface area contributed by atoms with Crippen LogP contribution in [0.5, 0.6) is 0 Å². The largest absolute Gasteiger partial charge is 0.478 e. The van der Waals surface area contributed by atoms with Gasteiger partial charge < -0.3 is 10.4 Å². The number of halogens is 2. The van der Waals surface area contributed by atoms with Crippen molar-refractivity contribution in [2.45, 2.75) is 6.54 Å². The molecule has 94 valence electrons. The van der Waals surface area contributed by atoms with E-state index in [4.69, 9.17) is 5.11 Å². The van der Waals surface area contributed by atoms with E-state index in [1.54, 1.807) is 11.4 Å². The van der Waals surface area contributed by atoms with E-state index in [0.717, 1.165) is 19.5 Å². The summed E-state index contributed by atoms with van der Waals surface area (Å²) in [7, 11) is 0. The normalized spacial score (nSPS) is 10.3. The maximum absolute atomic E-state index is 10.8. The molecule has 0 amide bonds. The van der Waals surface area contributed by atoms with Crippen LogP contribution in [0.2, 0.25) is 0 Å². The number of benzene rings is 1. The predicted octanol–water partition coefficient (Wildman–Crippen LogP) is 4.58. The molecule has 0 bridgehead atoms. The molecule has 2 aromatic rings. The average molecular weight is 391 g/mol. The standard InChI is InChI=1S/C12H9Br2NO2S/c13-9-2-1-3-10(14)11(9)15-5-8-4-7(6-18-8)12(16)17/h1-4,6,15H,5H2,(H,16,17). The zero-order chi connectivity index (χ0) is 13.1. The molecule has 6 heteroatoms. The van der Waals surface area contributed by atoms with Gasteiger partial charge in [0.05, 0.1) is 11.3 Å². The van der Waals surface area contributed by atoms with Gasteiger partial charge in [-0.1, -0.05) is 6.07 Å². The van der Waals surface area contributed by atoms with Crippen molar-refractivity contribution < 1.29 is 9.90 Å².